The summed E-state index contributed by atoms with van der Waals surface area (Å²) < 4.78 is 7.19. The van der Waals surface area contributed by atoms with Crippen molar-refractivity contribution in [1.82, 2.24) is 14.8 Å². The van der Waals surface area contributed by atoms with E-state index in [9.17, 15) is 4.79 Å². The Morgan fingerprint density at radius 2 is 2.00 bits per heavy atom. The van der Waals surface area contributed by atoms with Gasteiger partial charge in [-0.3, -0.25) is 4.79 Å². The molecule has 0 aliphatic carbocycles. The maximum absolute atomic E-state index is 12.6. The third kappa shape index (κ3) is 2.14. The van der Waals surface area contributed by atoms with Gasteiger partial charge < -0.3 is 19.5 Å². The SMILES string of the molecule is COc1ccc2c(c1)cc(C(=O)N1CCNCC1)n2C. The minimum atomic E-state index is 0.101. The number of carbonyl (C=O) groups excluding carboxylic acids is 1. The molecule has 1 aliphatic rings. The molecule has 5 nitrogen and oxygen atoms in total. The number of aryl methyl sites for hydroxylation is 1. The summed E-state index contributed by atoms with van der Waals surface area (Å²) in [6.45, 7) is 3.26. The molecule has 1 fully saturated rings. The van der Waals surface area contributed by atoms with Crippen LogP contribution in [0.5, 0.6) is 5.75 Å². The Kier molecular flexibility index (Phi) is 3.36. The summed E-state index contributed by atoms with van der Waals surface area (Å²) in [6.07, 6.45) is 0. The number of nitrogens with one attached hydrogen (secondary N) is 1. The maximum Gasteiger partial charge on any atom is 0.270 e. The van der Waals surface area contributed by atoms with Gasteiger partial charge >= 0.3 is 0 Å². The molecular formula is C15H19N3O2. The predicted molar refractivity (Wildman–Crippen MR) is 78.2 cm³/mol. The van der Waals surface area contributed by atoms with E-state index in [2.05, 4.69) is 5.32 Å². The van der Waals surface area contributed by atoms with Gasteiger partial charge in [0, 0.05) is 44.1 Å². The van der Waals surface area contributed by atoms with Crippen molar-refractivity contribution in [2.24, 2.45) is 7.05 Å². The second kappa shape index (κ2) is 5.17. The zero-order valence-electron chi connectivity index (χ0n) is 11.8. The van der Waals surface area contributed by atoms with Crippen LogP contribution in [0, 0.1) is 0 Å². The Balaban J connectivity index is 1.98. The fourth-order valence-electron chi connectivity index (χ4n) is 2.69. The molecule has 1 amide bonds. The van der Waals surface area contributed by atoms with Gasteiger partial charge in [0.05, 0.1) is 7.11 Å². The molecule has 1 saturated heterocycles. The second-order valence-corrected chi connectivity index (χ2v) is 5.06. The van der Waals surface area contributed by atoms with Gasteiger partial charge in [-0.1, -0.05) is 0 Å². The van der Waals surface area contributed by atoms with Crippen LogP contribution < -0.4 is 10.1 Å². The maximum atomic E-state index is 12.6. The van der Waals surface area contributed by atoms with Gasteiger partial charge in [0.15, 0.2) is 0 Å². The van der Waals surface area contributed by atoms with E-state index in [0.29, 0.717) is 0 Å². The van der Waals surface area contributed by atoms with Crippen LogP contribution in [0.2, 0.25) is 0 Å². The zero-order chi connectivity index (χ0) is 14.1. The molecule has 20 heavy (non-hydrogen) atoms. The standard InChI is InChI=1S/C15H19N3O2/c1-17-13-4-3-12(20-2)9-11(13)10-14(17)15(19)18-7-5-16-6-8-18/h3-4,9-10,16H,5-8H2,1-2H3. The van der Waals surface area contributed by atoms with Gasteiger partial charge in [-0.15, -0.1) is 0 Å². The molecule has 2 heterocycles. The van der Waals surface area contributed by atoms with E-state index in [1.807, 2.05) is 40.8 Å². The first-order chi connectivity index (χ1) is 9.70. The van der Waals surface area contributed by atoms with Crippen LogP contribution in [-0.2, 0) is 7.05 Å². The monoisotopic (exact) mass is 273 g/mol. The number of benzene rings is 1. The minimum Gasteiger partial charge on any atom is -0.497 e. The lowest BCUT2D eigenvalue weighted by Gasteiger charge is -2.27. The van der Waals surface area contributed by atoms with Gasteiger partial charge in [0.1, 0.15) is 11.4 Å². The fraction of sp³-hybridized carbons (Fsp3) is 0.400. The first kappa shape index (κ1) is 13.0. The molecule has 2 aromatic rings. The number of fused-ring (bicyclic) bond motifs is 1. The Bertz CT molecular complexity index is 642. The summed E-state index contributed by atoms with van der Waals surface area (Å²) in [4.78, 5) is 14.5. The summed E-state index contributed by atoms with van der Waals surface area (Å²) in [7, 11) is 3.58. The highest BCUT2D eigenvalue weighted by atomic mass is 16.5. The lowest BCUT2D eigenvalue weighted by molar-refractivity contribution is 0.0726. The average Bonchev–Trinajstić information content (AvgIpc) is 2.84. The van der Waals surface area contributed by atoms with Gasteiger partial charge in [-0.05, 0) is 24.3 Å². The normalized spacial score (nSPS) is 15.6. The largest absolute Gasteiger partial charge is 0.497 e. The Hall–Kier alpha value is -2.01. The smallest absolute Gasteiger partial charge is 0.270 e. The number of aromatic nitrogens is 1. The van der Waals surface area contributed by atoms with Gasteiger partial charge in [0.25, 0.3) is 5.91 Å². The molecular weight excluding hydrogens is 254 g/mol. The van der Waals surface area contributed by atoms with Crippen LogP contribution >= 0.6 is 0 Å². The molecule has 1 aromatic heterocycles. The van der Waals surface area contributed by atoms with E-state index in [-0.39, 0.29) is 5.91 Å². The van der Waals surface area contributed by atoms with Crippen LogP contribution in [0.1, 0.15) is 10.5 Å². The molecule has 0 unspecified atom stereocenters. The minimum absolute atomic E-state index is 0.101. The molecule has 5 heteroatoms. The van der Waals surface area contributed by atoms with Crippen molar-refractivity contribution in [2.45, 2.75) is 0 Å². The lowest BCUT2D eigenvalue weighted by atomic mass is 10.2. The van der Waals surface area contributed by atoms with Crippen molar-refractivity contribution in [1.29, 1.82) is 0 Å². The zero-order valence-corrected chi connectivity index (χ0v) is 11.8. The van der Waals surface area contributed by atoms with Crippen LogP contribution in [0.3, 0.4) is 0 Å². The molecule has 3 rings (SSSR count). The number of piperazine rings is 1. The number of methoxy groups -OCH3 is 1. The van der Waals surface area contributed by atoms with Gasteiger partial charge in [-0.2, -0.15) is 0 Å². The van der Waals surface area contributed by atoms with E-state index < -0.39 is 0 Å². The van der Waals surface area contributed by atoms with Crippen LogP contribution in [0.25, 0.3) is 10.9 Å². The second-order valence-electron chi connectivity index (χ2n) is 5.06. The molecule has 106 valence electrons. The Labute approximate surface area is 118 Å². The van der Waals surface area contributed by atoms with Crippen molar-refractivity contribution in [3.8, 4) is 5.75 Å². The summed E-state index contributed by atoms with van der Waals surface area (Å²) in [5.74, 6) is 0.911. The topological polar surface area (TPSA) is 46.5 Å². The van der Waals surface area contributed by atoms with E-state index in [1.165, 1.54) is 0 Å². The van der Waals surface area contributed by atoms with E-state index >= 15 is 0 Å². The first-order valence-electron chi connectivity index (χ1n) is 6.84. The first-order valence-corrected chi connectivity index (χ1v) is 6.84. The van der Waals surface area contributed by atoms with E-state index in [4.69, 9.17) is 4.74 Å². The Morgan fingerprint density at radius 1 is 1.25 bits per heavy atom. The fourth-order valence-corrected chi connectivity index (χ4v) is 2.69. The quantitative estimate of drug-likeness (QED) is 0.895. The highest BCUT2D eigenvalue weighted by Crippen LogP contribution is 2.24. The van der Waals surface area contributed by atoms with Crippen LogP contribution in [0.15, 0.2) is 24.3 Å². The third-order valence-electron chi connectivity index (χ3n) is 3.87. The summed E-state index contributed by atoms with van der Waals surface area (Å²) in [6, 6.07) is 7.82. The molecule has 1 N–H and O–H groups in total. The number of hydrogen-bond donors (Lipinski definition) is 1. The third-order valence-corrected chi connectivity index (χ3v) is 3.87. The molecule has 0 atom stereocenters. The summed E-state index contributed by atoms with van der Waals surface area (Å²) in [5.41, 5.74) is 1.78. The van der Waals surface area contributed by atoms with Crippen molar-refractivity contribution < 1.29 is 9.53 Å². The summed E-state index contributed by atoms with van der Waals surface area (Å²) in [5, 5.41) is 4.29. The lowest BCUT2D eigenvalue weighted by Crippen LogP contribution is -2.46. The number of nitrogens with zero attached hydrogens (tertiary/aromatic N) is 2. The van der Waals surface area contributed by atoms with E-state index in [0.717, 1.165) is 48.5 Å². The van der Waals surface area contributed by atoms with Gasteiger partial charge in [-0.25, -0.2) is 0 Å². The van der Waals surface area contributed by atoms with Crippen LogP contribution in [0.4, 0.5) is 0 Å². The van der Waals surface area contributed by atoms with E-state index in [1.54, 1.807) is 7.11 Å². The summed E-state index contributed by atoms with van der Waals surface area (Å²) >= 11 is 0. The number of hydrogen-bond acceptors (Lipinski definition) is 3. The molecule has 0 saturated carbocycles. The number of rotatable bonds is 2. The van der Waals surface area contributed by atoms with Gasteiger partial charge in [0.2, 0.25) is 0 Å². The van der Waals surface area contributed by atoms with Crippen LogP contribution in [-0.4, -0.2) is 48.7 Å². The molecule has 0 spiro atoms. The van der Waals surface area contributed by atoms with Crippen molar-refractivity contribution in [2.75, 3.05) is 33.3 Å². The Morgan fingerprint density at radius 3 is 2.70 bits per heavy atom. The predicted octanol–water partition coefficient (Wildman–Crippen LogP) is 1.23. The van der Waals surface area contributed by atoms with Crippen molar-refractivity contribution in [3.05, 3.63) is 30.0 Å². The van der Waals surface area contributed by atoms with Crippen molar-refractivity contribution in [3.63, 3.8) is 0 Å². The molecule has 0 radical (unpaired) electrons. The molecule has 0 bridgehead atoms. The number of amides is 1. The molecule has 1 aromatic carbocycles. The highest BCUT2D eigenvalue weighted by molar-refractivity contribution is 5.99. The average molecular weight is 273 g/mol. The molecule has 1 aliphatic heterocycles. The highest BCUT2D eigenvalue weighted by Gasteiger charge is 2.21. The van der Waals surface area contributed by atoms with Crippen molar-refractivity contribution >= 4 is 16.8 Å². The number of carbonyl (C=O) groups is 1. The number of ether oxygens (including phenoxy) is 1.